The number of rotatable bonds is 4. The summed E-state index contributed by atoms with van der Waals surface area (Å²) in [6.45, 7) is 0.834. The monoisotopic (exact) mass is 381 g/mol. The zero-order chi connectivity index (χ0) is 19.7. The van der Waals surface area contributed by atoms with Crippen molar-refractivity contribution in [1.82, 2.24) is 4.90 Å². The molecular weight excluding hydrogens is 358 g/mol. The molecular formula is C22H23NO5. The number of fused-ring (bicyclic) bond motifs is 3. The molecule has 28 heavy (non-hydrogen) atoms. The fourth-order valence-electron chi connectivity index (χ4n) is 4.29. The highest BCUT2D eigenvalue weighted by Gasteiger charge is 2.37. The van der Waals surface area contributed by atoms with Gasteiger partial charge in [0, 0.05) is 19.6 Å². The SMILES string of the molecule is COC1CN(C(=O)OCC2c3ccccc3-c3ccccc32)CCC1C(=O)O. The van der Waals surface area contributed by atoms with Gasteiger partial charge in [-0.3, -0.25) is 4.79 Å². The Hall–Kier alpha value is -2.86. The van der Waals surface area contributed by atoms with Crippen molar-refractivity contribution >= 4 is 12.1 Å². The van der Waals surface area contributed by atoms with Gasteiger partial charge in [-0.05, 0) is 28.7 Å². The van der Waals surface area contributed by atoms with Gasteiger partial charge >= 0.3 is 12.1 Å². The lowest BCUT2D eigenvalue weighted by Gasteiger charge is -2.35. The molecule has 1 heterocycles. The van der Waals surface area contributed by atoms with Crippen LogP contribution in [-0.4, -0.2) is 55.0 Å². The second kappa shape index (κ2) is 7.64. The number of methoxy groups -OCH3 is 1. The van der Waals surface area contributed by atoms with Crippen molar-refractivity contribution in [2.45, 2.75) is 18.4 Å². The van der Waals surface area contributed by atoms with E-state index in [0.29, 0.717) is 13.0 Å². The summed E-state index contributed by atoms with van der Waals surface area (Å²) in [5, 5.41) is 9.28. The van der Waals surface area contributed by atoms with Crippen molar-refractivity contribution < 1.29 is 24.2 Å². The number of hydrogen-bond acceptors (Lipinski definition) is 4. The summed E-state index contributed by atoms with van der Waals surface area (Å²) in [7, 11) is 1.47. The first-order valence-electron chi connectivity index (χ1n) is 9.45. The van der Waals surface area contributed by atoms with Crippen molar-refractivity contribution in [3.63, 3.8) is 0 Å². The van der Waals surface area contributed by atoms with E-state index < -0.39 is 24.1 Å². The van der Waals surface area contributed by atoms with Crippen LogP contribution in [0.4, 0.5) is 4.79 Å². The quantitative estimate of drug-likeness (QED) is 0.879. The minimum atomic E-state index is -0.890. The number of hydrogen-bond donors (Lipinski definition) is 1. The lowest BCUT2D eigenvalue weighted by molar-refractivity contribution is -0.149. The Balaban J connectivity index is 1.45. The van der Waals surface area contributed by atoms with E-state index in [1.54, 1.807) is 4.90 Å². The molecule has 2 aromatic carbocycles. The van der Waals surface area contributed by atoms with E-state index in [1.165, 1.54) is 18.2 Å². The van der Waals surface area contributed by atoms with Crippen molar-refractivity contribution in [2.24, 2.45) is 5.92 Å². The van der Waals surface area contributed by atoms with Crippen LogP contribution in [0.1, 0.15) is 23.5 Å². The minimum Gasteiger partial charge on any atom is -0.481 e. The molecule has 1 amide bonds. The number of benzene rings is 2. The van der Waals surface area contributed by atoms with Gasteiger partial charge in [0.25, 0.3) is 0 Å². The van der Waals surface area contributed by atoms with Crippen molar-refractivity contribution in [3.05, 3.63) is 59.7 Å². The molecule has 1 aliphatic carbocycles. The average molecular weight is 381 g/mol. The number of piperidine rings is 1. The highest BCUT2D eigenvalue weighted by atomic mass is 16.6. The summed E-state index contributed by atoms with van der Waals surface area (Å²) in [6.07, 6.45) is -0.586. The van der Waals surface area contributed by atoms with E-state index in [2.05, 4.69) is 24.3 Å². The topological polar surface area (TPSA) is 76.1 Å². The summed E-state index contributed by atoms with van der Waals surface area (Å²) >= 11 is 0. The maximum Gasteiger partial charge on any atom is 0.409 e. The van der Waals surface area contributed by atoms with Crippen LogP contribution in [0, 0.1) is 5.92 Å². The number of carboxylic acids is 1. The number of carbonyl (C=O) groups is 2. The molecule has 2 atom stereocenters. The predicted octanol–water partition coefficient (Wildman–Crippen LogP) is 3.36. The third-order valence-corrected chi connectivity index (χ3v) is 5.77. The number of likely N-dealkylation sites (tertiary alicyclic amines) is 1. The molecule has 0 aromatic heterocycles. The van der Waals surface area contributed by atoms with Crippen LogP contribution in [0.2, 0.25) is 0 Å². The van der Waals surface area contributed by atoms with Gasteiger partial charge in [-0.1, -0.05) is 48.5 Å². The van der Waals surface area contributed by atoms with Gasteiger partial charge in [0.1, 0.15) is 6.61 Å². The molecule has 6 nitrogen and oxygen atoms in total. The summed E-state index contributed by atoms with van der Waals surface area (Å²) in [4.78, 5) is 25.5. The van der Waals surface area contributed by atoms with Crippen LogP contribution in [-0.2, 0) is 14.3 Å². The summed E-state index contributed by atoms with van der Waals surface area (Å²) < 4.78 is 10.9. The van der Waals surface area contributed by atoms with Crippen LogP contribution < -0.4 is 0 Å². The van der Waals surface area contributed by atoms with E-state index in [0.717, 1.165) is 11.1 Å². The zero-order valence-electron chi connectivity index (χ0n) is 15.7. The molecule has 1 N–H and O–H groups in total. The number of aliphatic carboxylic acids is 1. The predicted molar refractivity (Wildman–Crippen MR) is 103 cm³/mol. The van der Waals surface area contributed by atoms with Gasteiger partial charge in [-0.15, -0.1) is 0 Å². The fraction of sp³-hybridized carbons (Fsp3) is 0.364. The lowest BCUT2D eigenvalue weighted by Crippen LogP contribution is -2.49. The maximum atomic E-state index is 12.6. The summed E-state index contributed by atoms with van der Waals surface area (Å²) in [6, 6.07) is 16.4. The number of amides is 1. The second-order valence-corrected chi connectivity index (χ2v) is 7.26. The molecule has 6 heteroatoms. The number of ether oxygens (including phenoxy) is 2. The first-order chi connectivity index (χ1) is 13.6. The van der Waals surface area contributed by atoms with Crippen LogP contribution >= 0.6 is 0 Å². The third-order valence-electron chi connectivity index (χ3n) is 5.77. The van der Waals surface area contributed by atoms with Crippen LogP contribution in [0.3, 0.4) is 0 Å². The molecule has 2 unspecified atom stereocenters. The van der Waals surface area contributed by atoms with Crippen LogP contribution in [0.25, 0.3) is 11.1 Å². The first-order valence-corrected chi connectivity index (χ1v) is 9.45. The Morgan fingerprint density at radius 3 is 2.25 bits per heavy atom. The summed E-state index contributed by atoms with van der Waals surface area (Å²) in [5.74, 6) is -1.48. The molecule has 146 valence electrons. The zero-order valence-corrected chi connectivity index (χ0v) is 15.7. The normalized spacial score (nSPS) is 21.1. The smallest absolute Gasteiger partial charge is 0.409 e. The van der Waals surface area contributed by atoms with Crippen LogP contribution in [0.15, 0.2) is 48.5 Å². The van der Waals surface area contributed by atoms with Gasteiger partial charge in [-0.25, -0.2) is 4.79 Å². The molecule has 2 aliphatic rings. The van der Waals surface area contributed by atoms with Gasteiger partial charge in [0.2, 0.25) is 0 Å². The van der Waals surface area contributed by atoms with Gasteiger partial charge < -0.3 is 19.5 Å². The van der Waals surface area contributed by atoms with E-state index in [9.17, 15) is 14.7 Å². The number of carboxylic acid groups (broad SMARTS) is 1. The van der Waals surface area contributed by atoms with E-state index in [-0.39, 0.29) is 19.1 Å². The van der Waals surface area contributed by atoms with Crippen molar-refractivity contribution in [3.8, 4) is 11.1 Å². The van der Waals surface area contributed by atoms with Crippen molar-refractivity contribution in [1.29, 1.82) is 0 Å². The lowest BCUT2D eigenvalue weighted by atomic mass is 9.94. The Bertz CT molecular complexity index is 851. The Kier molecular flexibility index (Phi) is 5.05. The average Bonchev–Trinajstić information content (AvgIpc) is 3.05. The Morgan fingerprint density at radius 2 is 1.68 bits per heavy atom. The molecule has 1 fully saturated rings. The number of nitrogens with zero attached hydrogens (tertiary/aromatic N) is 1. The molecule has 0 spiro atoms. The molecule has 1 aliphatic heterocycles. The van der Waals surface area contributed by atoms with Gasteiger partial charge in [-0.2, -0.15) is 0 Å². The fourth-order valence-corrected chi connectivity index (χ4v) is 4.29. The van der Waals surface area contributed by atoms with Gasteiger partial charge in [0.05, 0.1) is 18.6 Å². The molecule has 0 bridgehead atoms. The first kappa shape index (κ1) is 18.5. The number of carbonyl (C=O) groups excluding carboxylic acids is 1. The van der Waals surface area contributed by atoms with E-state index >= 15 is 0 Å². The maximum absolute atomic E-state index is 12.6. The molecule has 0 saturated carbocycles. The van der Waals surface area contributed by atoms with Gasteiger partial charge in [0.15, 0.2) is 0 Å². The highest BCUT2D eigenvalue weighted by molar-refractivity contribution is 5.79. The molecule has 0 radical (unpaired) electrons. The Morgan fingerprint density at radius 1 is 1.07 bits per heavy atom. The van der Waals surface area contributed by atoms with Crippen molar-refractivity contribution in [2.75, 3.05) is 26.8 Å². The standard InChI is InChI=1S/C22H23NO5/c1-27-20-12-23(11-10-18(20)21(24)25)22(26)28-13-19-16-8-4-2-6-14(16)15-7-3-5-9-17(15)19/h2-9,18-20H,10-13H2,1H3,(H,24,25). The highest BCUT2D eigenvalue weighted by Crippen LogP contribution is 2.44. The molecule has 2 aromatic rings. The van der Waals surface area contributed by atoms with E-state index in [1.807, 2.05) is 24.3 Å². The summed E-state index contributed by atoms with van der Waals surface area (Å²) in [5.41, 5.74) is 4.69. The van der Waals surface area contributed by atoms with Crippen LogP contribution in [0.5, 0.6) is 0 Å². The molecule has 4 rings (SSSR count). The van der Waals surface area contributed by atoms with E-state index in [4.69, 9.17) is 9.47 Å². The largest absolute Gasteiger partial charge is 0.481 e. The minimum absolute atomic E-state index is 0.00568. The third kappa shape index (κ3) is 3.24. The Labute approximate surface area is 163 Å². The molecule has 1 saturated heterocycles. The second-order valence-electron chi connectivity index (χ2n) is 7.26.